The molecule has 0 saturated heterocycles. The van der Waals surface area contributed by atoms with Crippen molar-refractivity contribution in [1.29, 1.82) is 0 Å². The Bertz CT molecular complexity index is 723. The van der Waals surface area contributed by atoms with Gasteiger partial charge < -0.3 is 19.7 Å². The van der Waals surface area contributed by atoms with Crippen LogP contribution in [0, 0.1) is 5.92 Å². The van der Waals surface area contributed by atoms with Gasteiger partial charge in [0, 0.05) is 12.3 Å². The number of rotatable bonds is 11. The summed E-state index contributed by atoms with van der Waals surface area (Å²) in [6, 6.07) is 16.7. The standard InChI is InChI=1S/C24H30O6/c1-3-11-20(25)19(4-2)21(26)16-22(29-23(27)17-12-7-5-8-13-17)30-24(28)18-14-9-6-10-15-18/h5-10,12-15,19-22,25-26H,3-4,11,16H2,1-2H3. The minimum Gasteiger partial charge on any atom is -0.421 e. The molecule has 2 aromatic carbocycles. The number of aliphatic hydroxyl groups is 2. The summed E-state index contributed by atoms with van der Waals surface area (Å²) in [4.78, 5) is 25.0. The van der Waals surface area contributed by atoms with Gasteiger partial charge in [0.15, 0.2) is 0 Å². The van der Waals surface area contributed by atoms with Crippen LogP contribution < -0.4 is 0 Å². The van der Waals surface area contributed by atoms with Crippen molar-refractivity contribution in [3.05, 3.63) is 71.8 Å². The Labute approximate surface area is 177 Å². The summed E-state index contributed by atoms with van der Waals surface area (Å²) in [5, 5.41) is 21.0. The minimum absolute atomic E-state index is 0.129. The van der Waals surface area contributed by atoms with E-state index in [4.69, 9.17) is 9.47 Å². The number of hydrogen-bond donors (Lipinski definition) is 2. The highest BCUT2D eigenvalue weighted by atomic mass is 16.7. The van der Waals surface area contributed by atoms with Gasteiger partial charge in [-0.1, -0.05) is 56.7 Å². The molecule has 0 aliphatic carbocycles. The highest BCUT2D eigenvalue weighted by molar-refractivity contribution is 5.90. The van der Waals surface area contributed by atoms with Crippen LogP contribution in [0.5, 0.6) is 0 Å². The third-order valence-electron chi connectivity index (χ3n) is 4.97. The second-order valence-electron chi connectivity index (χ2n) is 7.20. The Morgan fingerprint density at radius 3 is 1.67 bits per heavy atom. The number of carbonyl (C=O) groups is 2. The van der Waals surface area contributed by atoms with Crippen molar-refractivity contribution in [1.82, 2.24) is 0 Å². The van der Waals surface area contributed by atoms with E-state index < -0.39 is 36.4 Å². The molecule has 0 aliphatic rings. The topological polar surface area (TPSA) is 93.1 Å². The summed E-state index contributed by atoms with van der Waals surface area (Å²) in [5.41, 5.74) is 0.622. The third kappa shape index (κ3) is 6.97. The molecule has 2 N–H and O–H groups in total. The first-order valence-electron chi connectivity index (χ1n) is 10.3. The number of ether oxygens (including phenoxy) is 2. The first kappa shape index (κ1) is 23.6. The van der Waals surface area contributed by atoms with Crippen molar-refractivity contribution in [2.24, 2.45) is 5.92 Å². The summed E-state index contributed by atoms with van der Waals surface area (Å²) < 4.78 is 10.8. The number of aliphatic hydroxyl groups excluding tert-OH is 2. The fourth-order valence-electron chi connectivity index (χ4n) is 3.33. The van der Waals surface area contributed by atoms with Gasteiger partial charge in [-0.05, 0) is 37.1 Å². The van der Waals surface area contributed by atoms with Gasteiger partial charge in [-0.25, -0.2) is 9.59 Å². The predicted octanol–water partition coefficient (Wildman–Crippen LogP) is 3.96. The Morgan fingerprint density at radius 1 is 0.800 bits per heavy atom. The van der Waals surface area contributed by atoms with Crippen molar-refractivity contribution < 1.29 is 29.3 Å². The average Bonchev–Trinajstić information content (AvgIpc) is 2.75. The van der Waals surface area contributed by atoms with Gasteiger partial charge >= 0.3 is 11.9 Å². The van der Waals surface area contributed by atoms with E-state index in [1.165, 1.54) is 0 Å². The zero-order valence-electron chi connectivity index (χ0n) is 17.4. The SMILES string of the molecule is CCCC(O)C(CC)C(O)CC(OC(=O)c1ccccc1)OC(=O)c1ccccc1. The number of esters is 2. The second kappa shape index (κ2) is 12.1. The molecule has 0 spiro atoms. The smallest absolute Gasteiger partial charge is 0.341 e. The number of benzene rings is 2. The van der Waals surface area contributed by atoms with Crippen LogP contribution in [0.4, 0.5) is 0 Å². The molecule has 6 nitrogen and oxygen atoms in total. The molecule has 0 saturated carbocycles. The summed E-state index contributed by atoms with van der Waals surface area (Å²) in [6.45, 7) is 3.82. The van der Waals surface area contributed by atoms with E-state index in [1.807, 2.05) is 13.8 Å². The van der Waals surface area contributed by atoms with Crippen molar-refractivity contribution in [3.8, 4) is 0 Å². The lowest BCUT2D eigenvalue weighted by atomic mass is 9.89. The quantitative estimate of drug-likeness (QED) is 0.427. The lowest BCUT2D eigenvalue weighted by molar-refractivity contribution is -0.110. The van der Waals surface area contributed by atoms with Gasteiger partial charge in [0.25, 0.3) is 6.29 Å². The molecule has 0 aliphatic heterocycles. The Kier molecular flexibility index (Phi) is 9.51. The summed E-state index contributed by atoms with van der Waals surface area (Å²) in [5.74, 6) is -1.73. The Hall–Kier alpha value is -2.70. The minimum atomic E-state index is -1.29. The number of hydrogen-bond acceptors (Lipinski definition) is 6. The zero-order valence-corrected chi connectivity index (χ0v) is 17.4. The number of carbonyl (C=O) groups excluding carboxylic acids is 2. The van der Waals surface area contributed by atoms with Crippen LogP contribution in [0.2, 0.25) is 0 Å². The average molecular weight is 414 g/mol. The van der Waals surface area contributed by atoms with Gasteiger partial charge in [0.05, 0.1) is 23.3 Å². The van der Waals surface area contributed by atoms with Crippen molar-refractivity contribution in [2.45, 2.75) is 58.0 Å². The molecule has 2 aromatic rings. The van der Waals surface area contributed by atoms with Crippen molar-refractivity contribution >= 4 is 11.9 Å². The van der Waals surface area contributed by atoms with Gasteiger partial charge in [0.2, 0.25) is 0 Å². The molecule has 6 heteroatoms. The first-order chi connectivity index (χ1) is 14.5. The van der Waals surface area contributed by atoms with Crippen LogP contribution in [-0.4, -0.2) is 40.6 Å². The van der Waals surface area contributed by atoms with Gasteiger partial charge in [-0.2, -0.15) is 0 Å². The lowest BCUT2D eigenvalue weighted by Crippen LogP contribution is -2.36. The zero-order chi connectivity index (χ0) is 21.9. The van der Waals surface area contributed by atoms with E-state index in [1.54, 1.807) is 60.7 Å². The molecule has 3 unspecified atom stereocenters. The molecule has 0 radical (unpaired) electrons. The molecule has 0 bridgehead atoms. The van der Waals surface area contributed by atoms with Gasteiger partial charge in [-0.15, -0.1) is 0 Å². The van der Waals surface area contributed by atoms with E-state index in [2.05, 4.69) is 0 Å². The Balaban J connectivity index is 2.15. The van der Waals surface area contributed by atoms with Crippen molar-refractivity contribution in [2.75, 3.05) is 0 Å². The Morgan fingerprint density at radius 2 is 1.27 bits per heavy atom. The van der Waals surface area contributed by atoms with Crippen LogP contribution in [0.1, 0.15) is 60.2 Å². The molecule has 0 fully saturated rings. The molecule has 162 valence electrons. The normalized spacial score (nSPS) is 14.0. The van der Waals surface area contributed by atoms with E-state index in [0.29, 0.717) is 24.0 Å². The van der Waals surface area contributed by atoms with Gasteiger partial charge in [0.1, 0.15) is 0 Å². The van der Waals surface area contributed by atoms with Crippen LogP contribution >= 0.6 is 0 Å². The molecule has 0 heterocycles. The molecule has 30 heavy (non-hydrogen) atoms. The first-order valence-corrected chi connectivity index (χ1v) is 10.3. The van der Waals surface area contributed by atoms with E-state index in [9.17, 15) is 19.8 Å². The monoisotopic (exact) mass is 414 g/mol. The second-order valence-corrected chi connectivity index (χ2v) is 7.20. The molecule has 2 rings (SSSR count). The fourth-order valence-corrected chi connectivity index (χ4v) is 3.33. The predicted molar refractivity (Wildman–Crippen MR) is 113 cm³/mol. The van der Waals surface area contributed by atoms with E-state index >= 15 is 0 Å². The maximum atomic E-state index is 12.5. The molecular weight excluding hydrogens is 384 g/mol. The molecular formula is C24H30O6. The highest BCUT2D eigenvalue weighted by Crippen LogP contribution is 2.23. The van der Waals surface area contributed by atoms with Gasteiger partial charge in [-0.3, -0.25) is 0 Å². The summed E-state index contributed by atoms with van der Waals surface area (Å²) in [7, 11) is 0. The maximum absolute atomic E-state index is 12.5. The van der Waals surface area contributed by atoms with E-state index in [-0.39, 0.29) is 6.42 Å². The van der Waals surface area contributed by atoms with Crippen LogP contribution in [-0.2, 0) is 9.47 Å². The molecule has 0 aromatic heterocycles. The lowest BCUT2D eigenvalue weighted by Gasteiger charge is -2.29. The highest BCUT2D eigenvalue weighted by Gasteiger charge is 2.31. The molecule has 3 atom stereocenters. The maximum Gasteiger partial charge on any atom is 0.341 e. The summed E-state index contributed by atoms with van der Waals surface area (Å²) in [6.07, 6.45) is -1.25. The summed E-state index contributed by atoms with van der Waals surface area (Å²) >= 11 is 0. The van der Waals surface area contributed by atoms with Crippen LogP contribution in [0.15, 0.2) is 60.7 Å². The van der Waals surface area contributed by atoms with Crippen LogP contribution in [0.3, 0.4) is 0 Å². The molecule has 0 amide bonds. The fraction of sp³-hybridized carbons (Fsp3) is 0.417. The van der Waals surface area contributed by atoms with Crippen LogP contribution in [0.25, 0.3) is 0 Å². The third-order valence-corrected chi connectivity index (χ3v) is 4.97. The largest absolute Gasteiger partial charge is 0.421 e. The van der Waals surface area contributed by atoms with E-state index in [0.717, 1.165) is 6.42 Å². The van der Waals surface area contributed by atoms with Crippen molar-refractivity contribution in [3.63, 3.8) is 0 Å².